The highest BCUT2D eigenvalue weighted by atomic mass is 15.2. The van der Waals surface area contributed by atoms with Crippen LogP contribution in [-0.2, 0) is 5.41 Å². The van der Waals surface area contributed by atoms with Gasteiger partial charge in [-0.05, 0) is 74.6 Å². The summed E-state index contributed by atoms with van der Waals surface area (Å²) in [5.41, 5.74) is 10.7. The number of fused-ring (bicyclic) bond motifs is 1. The zero-order chi connectivity index (χ0) is 17.3. The third-order valence-electron chi connectivity index (χ3n) is 6.32. The second-order valence-electron chi connectivity index (χ2n) is 8.72. The molecule has 2 heterocycles. The molecule has 126 valence electrons. The topological polar surface area (TPSA) is 3.24 Å². The molecule has 4 rings (SSSR count). The van der Waals surface area contributed by atoms with Gasteiger partial charge in [-0.15, -0.1) is 0 Å². The molecule has 0 N–H and O–H groups in total. The van der Waals surface area contributed by atoms with Crippen LogP contribution in [-0.4, -0.2) is 5.54 Å². The predicted molar refractivity (Wildman–Crippen MR) is 104 cm³/mol. The summed E-state index contributed by atoms with van der Waals surface area (Å²) >= 11 is 0. The smallest absolute Gasteiger partial charge is 0.0612 e. The third kappa shape index (κ3) is 1.87. The first-order valence-corrected chi connectivity index (χ1v) is 9.29. The average Bonchev–Trinajstić information content (AvgIpc) is 2.53. The predicted octanol–water partition coefficient (Wildman–Crippen LogP) is 6.28. The molecule has 0 radical (unpaired) electrons. The van der Waals surface area contributed by atoms with Crippen LogP contribution in [0.25, 0.3) is 5.57 Å². The number of benzene rings is 1. The Morgan fingerprint density at radius 3 is 2.58 bits per heavy atom. The summed E-state index contributed by atoms with van der Waals surface area (Å²) in [6.07, 6.45) is 10.5. The maximum Gasteiger partial charge on any atom is 0.0612 e. The molecule has 0 aromatic heterocycles. The molecule has 0 saturated carbocycles. The van der Waals surface area contributed by atoms with E-state index in [4.69, 9.17) is 0 Å². The first-order valence-electron chi connectivity index (χ1n) is 9.29. The fourth-order valence-electron chi connectivity index (χ4n) is 5.12. The van der Waals surface area contributed by atoms with Crippen molar-refractivity contribution < 1.29 is 0 Å². The summed E-state index contributed by atoms with van der Waals surface area (Å²) in [5.74, 6) is 0. The quantitative estimate of drug-likeness (QED) is 0.544. The zero-order valence-electron chi connectivity index (χ0n) is 16.0. The van der Waals surface area contributed by atoms with Crippen molar-refractivity contribution in [2.75, 3.05) is 4.90 Å². The highest BCUT2D eigenvalue weighted by Crippen LogP contribution is 2.56. The molecular weight excluding hydrogens is 290 g/mol. The molecule has 0 spiro atoms. The van der Waals surface area contributed by atoms with E-state index in [1.807, 2.05) is 0 Å². The van der Waals surface area contributed by atoms with Crippen molar-refractivity contribution in [2.24, 2.45) is 0 Å². The van der Waals surface area contributed by atoms with Gasteiger partial charge < -0.3 is 4.90 Å². The minimum Gasteiger partial charge on any atom is -0.335 e. The molecular formula is C23H29N. The van der Waals surface area contributed by atoms with E-state index in [9.17, 15) is 0 Å². The van der Waals surface area contributed by atoms with Crippen LogP contribution in [0.4, 0.5) is 5.69 Å². The first-order chi connectivity index (χ1) is 11.3. The van der Waals surface area contributed by atoms with Gasteiger partial charge in [-0.2, -0.15) is 0 Å². The van der Waals surface area contributed by atoms with E-state index in [-0.39, 0.29) is 11.0 Å². The first kappa shape index (κ1) is 15.7. The van der Waals surface area contributed by atoms with E-state index < -0.39 is 0 Å². The normalized spacial score (nSPS) is 24.9. The molecule has 3 aliphatic rings. The Kier molecular flexibility index (Phi) is 3.20. The highest BCUT2D eigenvalue weighted by molar-refractivity contribution is 5.94. The second-order valence-corrected chi connectivity index (χ2v) is 8.72. The van der Waals surface area contributed by atoms with Crippen LogP contribution >= 0.6 is 0 Å². The number of hydrogen-bond acceptors (Lipinski definition) is 1. The number of hydrogen-bond donors (Lipinski definition) is 0. The Labute approximate surface area is 146 Å². The number of allylic oxidation sites excluding steroid dienone is 5. The Balaban J connectivity index is 2.15. The summed E-state index contributed by atoms with van der Waals surface area (Å²) < 4.78 is 0. The van der Waals surface area contributed by atoms with Crippen LogP contribution in [0.2, 0.25) is 0 Å². The summed E-state index contributed by atoms with van der Waals surface area (Å²) in [6, 6.07) is 4.71. The standard InChI is InChI=1S/C23H29N/c1-7-16-14-22(3,4)19-13-12-15(2)20-17-10-8-9-11-18(17)23(5,6)24(16)21(19)20/h7-8,10,12-13H,9,11,14H2,1-6H3/b16-7-. The Morgan fingerprint density at radius 1 is 1.12 bits per heavy atom. The Bertz CT molecular complexity index is 815. The minimum atomic E-state index is 0.0496. The molecule has 0 amide bonds. The number of aryl methyl sites for hydroxylation is 1. The molecule has 2 aliphatic heterocycles. The van der Waals surface area contributed by atoms with Crippen LogP contribution in [0.3, 0.4) is 0 Å². The van der Waals surface area contributed by atoms with Crippen molar-refractivity contribution in [1.29, 1.82) is 0 Å². The van der Waals surface area contributed by atoms with Crippen LogP contribution < -0.4 is 4.90 Å². The molecule has 1 aliphatic carbocycles. The van der Waals surface area contributed by atoms with Crippen molar-refractivity contribution in [3.05, 3.63) is 58.3 Å². The van der Waals surface area contributed by atoms with Gasteiger partial charge in [0.25, 0.3) is 0 Å². The molecule has 1 aromatic rings. The largest absolute Gasteiger partial charge is 0.335 e. The average molecular weight is 319 g/mol. The summed E-state index contributed by atoms with van der Waals surface area (Å²) in [5, 5.41) is 0. The number of nitrogens with zero attached hydrogens (tertiary/aromatic N) is 1. The van der Waals surface area contributed by atoms with Gasteiger partial charge in [0, 0.05) is 11.3 Å². The van der Waals surface area contributed by atoms with Crippen molar-refractivity contribution in [2.45, 2.75) is 71.8 Å². The van der Waals surface area contributed by atoms with Gasteiger partial charge in [0.05, 0.1) is 11.2 Å². The molecule has 0 unspecified atom stereocenters. The highest BCUT2D eigenvalue weighted by Gasteiger charge is 2.47. The third-order valence-corrected chi connectivity index (χ3v) is 6.32. The molecule has 1 aromatic carbocycles. The molecule has 0 fully saturated rings. The second kappa shape index (κ2) is 4.88. The molecule has 0 bridgehead atoms. The van der Waals surface area contributed by atoms with Crippen molar-refractivity contribution in [3.63, 3.8) is 0 Å². The fourth-order valence-corrected chi connectivity index (χ4v) is 5.12. The maximum absolute atomic E-state index is 2.66. The molecule has 0 saturated heterocycles. The fraction of sp³-hybridized carbons (Fsp3) is 0.478. The monoisotopic (exact) mass is 319 g/mol. The SMILES string of the molecule is C/C=C1/CC(C)(C)c2ccc(C)c3c2N1C(C)(C)C1=C3C=CCC1. The van der Waals surface area contributed by atoms with Crippen LogP contribution in [0, 0.1) is 6.92 Å². The summed E-state index contributed by atoms with van der Waals surface area (Å²) in [6.45, 7) is 14.1. The number of anilines is 1. The maximum atomic E-state index is 2.66. The van der Waals surface area contributed by atoms with Gasteiger partial charge in [-0.1, -0.05) is 44.2 Å². The van der Waals surface area contributed by atoms with Gasteiger partial charge in [-0.25, -0.2) is 0 Å². The van der Waals surface area contributed by atoms with Crippen molar-refractivity contribution in [3.8, 4) is 0 Å². The van der Waals surface area contributed by atoms with E-state index in [1.165, 1.54) is 46.5 Å². The zero-order valence-corrected chi connectivity index (χ0v) is 16.0. The van der Waals surface area contributed by atoms with E-state index in [1.54, 1.807) is 5.57 Å². The van der Waals surface area contributed by atoms with E-state index in [0.29, 0.717) is 0 Å². The van der Waals surface area contributed by atoms with Gasteiger partial charge in [0.2, 0.25) is 0 Å². The lowest BCUT2D eigenvalue weighted by molar-refractivity contribution is 0.444. The lowest BCUT2D eigenvalue weighted by atomic mass is 9.67. The molecule has 1 heteroatoms. The van der Waals surface area contributed by atoms with E-state index in [2.05, 4.69) is 76.8 Å². The summed E-state index contributed by atoms with van der Waals surface area (Å²) in [4.78, 5) is 2.66. The minimum absolute atomic E-state index is 0.0496. The van der Waals surface area contributed by atoms with Gasteiger partial charge >= 0.3 is 0 Å². The lowest BCUT2D eigenvalue weighted by Gasteiger charge is -2.55. The van der Waals surface area contributed by atoms with Crippen LogP contribution in [0.1, 0.15) is 70.6 Å². The summed E-state index contributed by atoms with van der Waals surface area (Å²) in [7, 11) is 0. The number of rotatable bonds is 0. The van der Waals surface area contributed by atoms with Gasteiger partial charge in [0.1, 0.15) is 0 Å². The molecule has 0 atom stereocenters. The molecule has 1 nitrogen and oxygen atoms in total. The Hall–Kier alpha value is -1.76. The lowest BCUT2D eigenvalue weighted by Crippen LogP contribution is -2.52. The van der Waals surface area contributed by atoms with Crippen molar-refractivity contribution >= 4 is 11.3 Å². The van der Waals surface area contributed by atoms with Crippen molar-refractivity contribution in [1.82, 2.24) is 0 Å². The van der Waals surface area contributed by atoms with E-state index in [0.717, 1.165) is 6.42 Å². The van der Waals surface area contributed by atoms with E-state index >= 15 is 0 Å². The van der Waals surface area contributed by atoms with Gasteiger partial charge in [0.15, 0.2) is 0 Å². The van der Waals surface area contributed by atoms with Gasteiger partial charge in [-0.3, -0.25) is 0 Å². The molecule has 24 heavy (non-hydrogen) atoms. The van der Waals surface area contributed by atoms with Crippen LogP contribution in [0.15, 0.2) is 41.6 Å². The van der Waals surface area contributed by atoms with Crippen LogP contribution in [0.5, 0.6) is 0 Å². The Morgan fingerprint density at radius 2 is 1.88 bits per heavy atom.